The molecule has 0 aliphatic carbocycles. The molecule has 6 nitrogen and oxygen atoms in total. The molecular formula is C14H22N4O2. The number of likely N-dealkylation sites (tertiary alicyclic amines) is 1. The number of hydrogen-bond donors (Lipinski definition) is 2. The number of carbonyl (C=O) groups excluding carboxylic acids is 1. The molecule has 0 saturated carbocycles. The third-order valence-electron chi connectivity index (χ3n) is 3.61. The zero-order chi connectivity index (χ0) is 14.5. The van der Waals surface area contributed by atoms with E-state index in [4.69, 9.17) is 10.5 Å². The number of esters is 1. The Morgan fingerprint density at radius 3 is 3.15 bits per heavy atom. The summed E-state index contributed by atoms with van der Waals surface area (Å²) in [4.78, 5) is 18.4. The first-order chi connectivity index (χ1) is 9.63. The molecule has 6 heteroatoms. The lowest BCUT2D eigenvalue weighted by atomic mass is 10.1. The summed E-state index contributed by atoms with van der Waals surface area (Å²) in [5.74, 6) is 0.129. The van der Waals surface area contributed by atoms with Gasteiger partial charge in [0.25, 0.3) is 0 Å². The van der Waals surface area contributed by atoms with Gasteiger partial charge in [0.05, 0.1) is 19.0 Å². The summed E-state index contributed by atoms with van der Waals surface area (Å²) in [5.41, 5.74) is 6.53. The number of hydrogen-bond acceptors (Lipinski definition) is 6. The van der Waals surface area contributed by atoms with Crippen molar-refractivity contribution >= 4 is 17.5 Å². The minimum absolute atomic E-state index is 0.295. The van der Waals surface area contributed by atoms with Crippen LogP contribution in [0.2, 0.25) is 0 Å². The molecule has 2 rings (SSSR count). The molecule has 3 N–H and O–H groups in total. The van der Waals surface area contributed by atoms with Gasteiger partial charge in [-0.1, -0.05) is 6.92 Å². The summed E-state index contributed by atoms with van der Waals surface area (Å²) < 4.78 is 4.78. The number of rotatable bonds is 4. The molecule has 20 heavy (non-hydrogen) atoms. The predicted molar refractivity (Wildman–Crippen MR) is 78.7 cm³/mol. The highest BCUT2D eigenvalue weighted by molar-refractivity contribution is 5.95. The first-order valence-electron chi connectivity index (χ1n) is 6.96. The van der Waals surface area contributed by atoms with Crippen LogP contribution in [-0.4, -0.2) is 48.6 Å². The number of anilines is 2. The fraction of sp³-hybridized carbons (Fsp3) is 0.571. The summed E-state index contributed by atoms with van der Waals surface area (Å²) in [6.45, 7) is 5.29. The fourth-order valence-electron chi connectivity index (χ4n) is 2.52. The molecule has 0 amide bonds. The van der Waals surface area contributed by atoms with Gasteiger partial charge in [-0.15, -0.1) is 0 Å². The van der Waals surface area contributed by atoms with Crippen molar-refractivity contribution < 1.29 is 9.53 Å². The number of carbonyl (C=O) groups is 1. The highest BCUT2D eigenvalue weighted by atomic mass is 16.5. The van der Waals surface area contributed by atoms with Crippen LogP contribution < -0.4 is 11.1 Å². The second kappa shape index (κ2) is 6.56. The van der Waals surface area contributed by atoms with E-state index in [1.54, 1.807) is 12.3 Å². The minimum atomic E-state index is -0.421. The Bertz CT molecular complexity index is 478. The molecule has 1 unspecified atom stereocenters. The van der Waals surface area contributed by atoms with Crippen LogP contribution in [0.15, 0.2) is 12.3 Å². The number of aromatic nitrogens is 1. The molecule has 1 fully saturated rings. The molecule has 2 heterocycles. The number of methoxy groups -OCH3 is 1. The van der Waals surface area contributed by atoms with Crippen LogP contribution >= 0.6 is 0 Å². The van der Waals surface area contributed by atoms with Crippen LogP contribution in [0.3, 0.4) is 0 Å². The van der Waals surface area contributed by atoms with E-state index in [-0.39, 0.29) is 0 Å². The molecule has 0 aromatic carbocycles. The predicted octanol–water partition coefficient (Wildman–Crippen LogP) is 1.35. The van der Waals surface area contributed by atoms with E-state index in [2.05, 4.69) is 22.1 Å². The van der Waals surface area contributed by atoms with Gasteiger partial charge >= 0.3 is 5.97 Å². The number of nitrogens with zero attached hydrogens (tertiary/aromatic N) is 2. The second-order valence-corrected chi connectivity index (χ2v) is 5.03. The average Bonchev–Trinajstić information content (AvgIpc) is 2.48. The number of ether oxygens (including phenoxy) is 1. The highest BCUT2D eigenvalue weighted by Gasteiger charge is 2.21. The first kappa shape index (κ1) is 14.6. The van der Waals surface area contributed by atoms with Crippen LogP contribution in [0.25, 0.3) is 0 Å². The molecular weight excluding hydrogens is 256 g/mol. The van der Waals surface area contributed by atoms with Gasteiger partial charge in [-0.05, 0) is 32.0 Å². The SMILES string of the molecule is CCN1CCCC(Nc2ncc(N)cc2C(=O)OC)C1. The van der Waals surface area contributed by atoms with E-state index in [9.17, 15) is 4.79 Å². The molecule has 1 aliphatic heterocycles. The molecule has 1 aliphatic rings. The van der Waals surface area contributed by atoms with Crippen molar-refractivity contribution in [2.45, 2.75) is 25.8 Å². The van der Waals surface area contributed by atoms with Gasteiger partial charge in [-0.3, -0.25) is 0 Å². The highest BCUT2D eigenvalue weighted by Crippen LogP contribution is 2.20. The Hall–Kier alpha value is -1.82. The molecule has 1 atom stereocenters. The Labute approximate surface area is 119 Å². The smallest absolute Gasteiger partial charge is 0.341 e. The lowest BCUT2D eigenvalue weighted by molar-refractivity contribution is 0.0601. The Morgan fingerprint density at radius 2 is 2.45 bits per heavy atom. The van der Waals surface area contributed by atoms with Gasteiger partial charge in [0.1, 0.15) is 11.4 Å². The van der Waals surface area contributed by atoms with Crippen molar-refractivity contribution in [2.24, 2.45) is 0 Å². The van der Waals surface area contributed by atoms with Crippen LogP contribution in [0.5, 0.6) is 0 Å². The summed E-state index contributed by atoms with van der Waals surface area (Å²) in [5, 5.41) is 3.35. The average molecular weight is 278 g/mol. The minimum Gasteiger partial charge on any atom is -0.465 e. The second-order valence-electron chi connectivity index (χ2n) is 5.03. The van der Waals surface area contributed by atoms with Crippen LogP contribution in [0, 0.1) is 0 Å². The number of likely N-dealkylation sites (N-methyl/N-ethyl adjacent to an activating group) is 1. The van der Waals surface area contributed by atoms with Gasteiger partial charge in [0.2, 0.25) is 0 Å². The number of pyridine rings is 1. The van der Waals surface area contributed by atoms with Crippen LogP contribution in [0.1, 0.15) is 30.1 Å². The van der Waals surface area contributed by atoms with E-state index in [1.165, 1.54) is 7.11 Å². The summed E-state index contributed by atoms with van der Waals surface area (Å²) >= 11 is 0. The normalized spacial score (nSPS) is 19.6. The van der Waals surface area contributed by atoms with E-state index in [0.717, 1.165) is 32.5 Å². The van der Waals surface area contributed by atoms with Crippen molar-refractivity contribution in [3.05, 3.63) is 17.8 Å². The van der Waals surface area contributed by atoms with Crippen molar-refractivity contribution in [1.82, 2.24) is 9.88 Å². The lowest BCUT2D eigenvalue weighted by Gasteiger charge is -2.32. The zero-order valence-electron chi connectivity index (χ0n) is 12.1. The van der Waals surface area contributed by atoms with E-state index in [1.807, 2.05) is 0 Å². The maximum Gasteiger partial charge on any atom is 0.341 e. The van der Waals surface area contributed by atoms with Gasteiger partial charge in [0.15, 0.2) is 0 Å². The third kappa shape index (κ3) is 3.39. The van der Waals surface area contributed by atoms with Crippen molar-refractivity contribution in [3.63, 3.8) is 0 Å². The van der Waals surface area contributed by atoms with Gasteiger partial charge in [0, 0.05) is 12.6 Å². The van der Waals surface area contributed by atoms with E-state index >= 15 is 0 Å². The Kier molecular flexibility index (Phi) is 4.79. The molecule has 0 bridgehead atoms. The number of piperidine rings is 1. The van der Waals surface area contributed by atoms with Crippen molar-refractivity contribution in [1.29, 1.82) is 0 Å². The number of nitrogen functional groups attached to an aromatic ring is 1. The first-order valence-corrected chi connectivity index (χ1v) is 6.96. The Morgan fingerprint density at radius 1 is 1.65 bits per heavy atom. The lowest BCUT2D eigenvalue weighted by Crippen LogP contribution is -2.42. The molecule has 110 valence electrons. The summed E-state index contributed by atoms with van der Waals surface area (Å²) in [6.07, 6.45) is 3.77. The molecule has 1 aromatic rings. The third-order valence-corrected chi connectivity index (χ3v) is 3.61. The van der Waals surface area contributed by atoms with E-state index in [0.29, 0.717) is 23.1 Å². The zero-order valence-corrected chi connectivity index (χ0v) is 12.1. The van der Waals surface area contributed by atoms with E-state index < -0.39 is 5.97 Å². The molecule has 1 aromatic heterocycles. The standard InChI is InChI=1S/C14H22N4O2/c1-3-18-6-4-5-11(9-18)17-13-12(14(19)20-2)7-10(15)8-16-13/h7-8,11H,3-6,9,15H2,1-2H3,(H,16,17). The quantitative estimate of drug-likeness (QED) is 0.809. The molecule has 1 saturated heterocycles. The van der Waals surface area contributed by atoms with Gasteiger partial charge in [-0.2, -0.15) is 0 Å². The maximum atomic E-state index is 11.8. The van der Waals surface area contributed by atoms with Gasteiger partial charge in [-0.25, -0.2) is 9.78 Å². The molecule has 0 spiro atoms. The topological polar surface area (TPSA) is 80.5 Å². The van der Waals surface area contributed by atoms with Crippen molar-refractivity contribution in [3.8, 4) is 0 Å². The fourth-order valence-corrected chi connectivity index (χ4v) is 2.52. The number of nitrogens with one attached hydrogen (secondary N) is 1. The largest absolute Gasteiger partial charge is 0.465 e. The van der Waals surface area contributed by atoms with Crippen LogP contribution in [0.4, 0.5) is 11.5 Å². The van der Waals surface area contributed by atoms with Gasteiger partial charge < -0.3 is 20.7 Å². The maximum absolute atomic E-state index is 11.8. The summed E-state index contributed by atoms with van der Waals surface area (Å²) in [7, 11) is 1.36. The Balaban J connectivity index is 2.14. The monoisotopic (exact) mass is 278 g/mol. The molecule has 0 radical (unpaired) electrons. The van der Waals surface area contributed by atoms with Crippen LogP contribution in [-0.2, 0) is 4.74 Å². The summed E-state index contributed by atoms with van der Waals surface area (Å²) in [6, 6.07) is 1.89. The number of nitrogens with two attached hydrogens (primary N) is 1. The van der Waals surface area contributed by atoms with Crippen molar-refractivity contribution in [2.75, 3.05) is 37.8 Å².